The van der Waals surface area contributed by atoms with Crippen LogP contribution in [0.1, 0.15) is 17.9 Å². The fourth-order valence-corrected chi connectivity index (χ4v) is 2.66. The lowest BCUT2D eigenvalue weighted by atomic mass is 10.1. The Morgan fingerprint density at radius 3 is 2.57 bits per heavy atom. The van der Waals surface area contributed by atoms with Crippen molar-refractivity contribution in [3.63, 3.8) is 0 Å². The Hall–Kier alpha value is -2.86. The number of halogens is 1. The molecule has 0 radical (unpaired) electrons. The van der Waals surface area contributed by atoms with Gasteiger partial charge in [0.1, 0.15) is 12.4 Å². The van der Waals surface area contributed by atoms with E-state index in [0.717, 1.165) is 11.3 Å². The molecule has 1 amide bonds. The maximum atomic E-state index is 12.3. The normalized spacial score (nSPS) is 10.7. The number of carbonyl (C=O) groups excluding carboxylic acids is 1. The molecule has 146 valence electrons. The number of carbonyl (C=O) groups is 1. The highest BCUT2D eigenvalue weighted by Crippen LogP contribution is 2.17. The summed E-state index contributed by atoms with van der Waals surface area (Å²) < 4.78 is 10.9. The van der Waals surface area contributed by atoms with Crippen LogP contribution >= 0.6 is 11.6 Å². The zero-order valence-electron chi connectivity index (χ0n) is 15.9. The van der Waals surface area contributed by atoms with Crippen molar-refractivity contribution in [3.05, 3.63) is 65.0 Å². The SMILES string of the molecule is Cc1ccc(-c2noc(CCC(=O)N(C)CCOc3ccc(Cl)cc3)n2)cc1. The molecule has 0 saturated heterocycles. The standard InChI is InChI=1S/C21H22ClN3O3/c1-15-3-5-16(6-4-15)21-23-19(28-24-21)11-12-20(26)25(2)13-14-27-18-9-7-17(22)8-10-18/h3-10H,11-14H2,1-2H3. The van der Waals surface area contributed by atoms with E-state index >= 15 is 0 Å². The summed E-state index contributed by atoms with van der Waals surface area (Å²) in [5.41, 5.74) is 2.06. The number of benzene rings is 2. The minimum absolute atomic E-state index is 0.00482. The van der Waals surface area contributed by atoms with E-state index in [1.54, 1.807) is 36.2 Å². The van der Waals surface area contributed by atoms with Crippen LogP contribution in [0.3, 0.4) is 0 Å². The van der Waals surface area contributed by atoms with Crippen LogP contribution in [0.5, 0.6) is 5.75 Å². The Morgan fingerprint density at radius 2 is 1.86 bits per heavy atom. The van der Waals surface area contributed by atoms with E-state index in [1.807, 2.05) is 31.2 Å². The molecule has 0 aliphatic rings. The van der Waals surface area contributed by atoms with Gasteiger partial charge in [-0.1, -0.05) is 46.6 Å². The largest absolute Gasteiger partial charge is 0.492 e. The molecule has 1 heterocycles. The van der Waals surface area contributed by atoms with Gasteiger partial charge in [0, 0.05) is 30.5 Å². The fourth-order valence-electron chi connectivity index (χ4n) is 2.54. The van der Waals surface area contributed by atoms with E-state index < -0.39 is 0 Å². The monoisotopic (exact) mass is 399 g/mol. The number of amides is 1. The third kappa shape index (κ3) is 5.57. The van der Waals surface area contributed by atoms with Gasteiger partial charge < -0.3 is 14.2 Å². The quantitative estimate of drug-likeness (QED) is 0.568. The van der Waals surface area contributed by atoms with Gasteiger partial charge in [-0.15, -0.1) is 0 Å². The van der Waals surface area contributed by atoms with Crippen molar-refractivity contribution in [1.29, 1.82) is 0 Å². The highest BCUT2D eigenvalue weighted by Gasteiger charge is 2.13. The first-order chi connectivity index (χ1) is 13.5. The topological polar surface area (TPSA) is 68.5 Å². The third-order valence-electron chi connectivity index (χ3n) is 4.27. The molecular formula is C21H22ClN3O3. The number of rotatable bonds is 8. The lowest BCUT2D eigenvalue weighted by Crippen LogP contribution is -2.31. The van der Waals surface area contributed by atoms with Crippen LogP contribution in [-0.4, -0.2) is 41.1 Å². The minimum Gasteiger partial charge on any atom is -0.492 e. The van der Waals surface area contributed by atoms with Gasteiger partial charge in [0.15, 0.2) is 0 Å². The second-order valence-corrected chi connectivity index (χ2v) is 6.93. The molecule has 3 aromatic rings. The second kappa shape index (κ2) is 9.37. The third-order valence-corrected chi connectivity index (χ3v) is 4.52. The molecule has 0 aliphatic heterocycles. The van der Waals surface area contributed by atoms with E-state index in [9.17, 15) is 4.79 Å². The van der Waals surface area contributed by atoms with Crippen LogP contribution in [0.15, 0.2) is 53.1 Å². The summed E-state index contributed by atoms with van der Waals surface area (Å²) in [4.78, 5) is 18.3. The van der Waals surface area contributed by atoms with E-state index in [4.69, 9.17) is 20.9 Å². The van der Waals surface area contributed by atoms with Crippen molar-refractivity contribution in [1.82, 2.24) is 15.0 Å². The zero-order chi connectivity index (χ0) is 19.9. The van der Waals surface area contributed by atoms with Crippen LogP contribution < -0.4 is 4.74 Å². The Kier molecular flexibility index (Phi) is 6.66. The minimum atomic E-state index is -0.00482. The van der Waals surface area contributed by atoms with Crippen molar-refractivity contribution in [2.45, 2.75) is 19.8 Å². The Bertz CT molecular complexity index is 907. The summed E-state index contributed by atoms with van der Waals surface area (Å²) >= 11 is 5.84. The van der Waals surface area contributed by atoms with Gasteiger partial charge in [-0.05, 0) is 31.2 Å². The fraction of sp³-hybridized carbons (Fsp3) is 0.286. The van der Waals surface area contributed by atoms with Crippen molar-refractivity contribution in [2.24, 2.45) is 0 Å². The summed E-state index contributed by atoms with van der Waals surface area (Å²) in [5.74, 6) is 1.71. The molecule has 3 rings (SSSR count). The first-order valence-corrected chi connectivity index (χ1v) is 9.41. The first kappa shape index (κ1) is 19.9. The smallest absolute Gasteiger partial charge is 0.227 e. The number of aromatic nitrogens is 2. The molecular weight excluding hydrogens is 378 g/mol. The van der Waals surface area contributed by atoms with Crippen LogP contribution in [0.25, 0.3) is 11.4 Å². The lowest BCUT2D eigenvalue weighted by molar-refractivity contribution is -0.130. The van der Waals surface area contributed by atoms with Crippen molar-refractivity contribution < 1.29 is 14.1 Å². The zero-order valence-corrected chi connectivity index (χ0v) is 16.6. The summed E-state index contributed by atoms with van der Waals surface area (Å²) in [6, 6.07) is 15.0. The molecule has 1 aromatic heterocycles. The Labute approximate surface area is 169 Å². The number of ether oxygens (including phenoxy) is 1. The van der Waals surface area contributed by atoms with Gasteiger partial charge in [0.05, 0.1) is 6.54 Å². The molecule has 0 unspecified atom stereocenters. The molecule has 0 spiro atoms. The molecule has 7 heteroatoms. The second-order valence-electron chi connectivity index (χ2n) is 6.50. The molecule has 0 aliphatic carbocycles. The maximum Gasteiger partial charge on any atom is 0.227 e. The number of hydrogen-bond acceptors (Lipinski definition) is 5. The van der Waals surface area contributed by atoms with Crippen molar-refractivity contribution in [3.8, 4) is 17.1 Å². The predicted molar refractivity (Wildman–Crippen MR) is 107 cm³/mol. The molecule has 6 nitrogen and oxygen atoms in total. The van der Waals surface area contributed by atoms with E-state index in [0.29, 0.717) is 42.7 Å². The van der Waals surface area contributed by atoms with E-state index in [2.05, 4.69) is 10.1 Å². The van der Waals surface area contributed by atoms with Crippen LogP contribution in [0, 0.1) is 6.92 Å². The van der Waals surface area contributed by atoms with E-state index in [-0.39, 0.29) is 5.91 Å². The average Bonchev–Trinajstić information content (AvgIpc) is 3.17. The van der Waals surface area contributed by atoms with Gasteiger partial charge in [-0.2, -0.15) is 4.98 Å². The molecule has 0 saturated carbocycles. The number of nitrogens with zero attached hydrogens (tertiary/aromatic N) is 3. The number of aryl methyl sites for hydroxylation is 2. The summed E-state index contributed by atoms with van der Waals surface area (Å²) in [7, 11) is 1.75. The summed E-state index contributed by atoms with van der Waals surface area (Å²) in [5, 5.41) is 4.65. The van der Waals surface area contributed by atoms with E-state index in [1.165, 1.54) is 5.56 Å². The first-order valence-electron chi connectivity index (χ1n) is 9.03. The molecule has 0 atom stereocenters. The average molecular weight is 400 g/mol. The van der Waals surface area contributed by atoms with Crippen LogP contribution in [0.2, 0.25) is 5.02 Å². The van der Waals surface area contributed by atoms with Crippen LogP contribution in [-0.2, 0) is 11.2 Å². The molecule has 0 bridgehead atoms. The predicted octanol–water partition coefficient (Wildman–Crippen LogP) is 4.17. The molecule has 2 aromatic carbocycles. The van der Waals surface area contributed by atoms with Gasteiger partial charge in [-0.3, -0.25) is 4.79 Å². The summed E-state index contributed by atoms with van der Waals surface area (Å²) in [6.07, 6.45) is 0.701. The number of hydrogen-bond donors (Lipinski definition) is 0. The molecule has 28 heavy (non-hydrogen) atoms. The number of likely N-dealkylation sites (N-methyl/N-ethyl adjacent to an activating group) is 1. The summed E-state index contributed by atoms with van der Waals surface area (Å²) in [6.45, 7) is 2.91. The Balaban J connectivity index is 1.43. The van der Waals surface area contributed by atoms with Gasteiger partial charge in [-0.25, -0.2) is 0 Å². The van der Waals surface area contributed by atoms with Gasteiger partial charge in [0.2, 0.25) is 17.6 Å². The molecule has 0 N–H and O–H groups in total. The maximum absolute atomic E-state index is 12.3. The lowest BCUT2D eigenvalue weighted by Gasteiger charge is -2.17. The van der Waals surface area contributed by atoms with Crippen molar-refractivity contribution in [2.75, 3.05) is 20.2 Å². The Morgan fingerprint density at radius 1 is 1.14 bits per heavy atom. The highest BCUT2D eigenvalue weighted by atomic mass is 35.5. The van der Waals surface area contributed by atoms with Gasteiger partial charge >= 0.3 is 0 Å². The van der Waals surface area contributed by atoms with Gasteiger partial charge in [0.25, 0.3) is 0 Å². The molecule has 0 fully saturated rings. The van der Waals surface area contributed by atoms with Crippen molar-refractivity contribution >= 4 is 17.5 Å². The highest BCUT2D eigenvalue weighted by molar-refractivity contribution is 6.30. The van der Waals surface area contributed by atoms with Crippen LogP contribution in [0.4, 0.5) is 0 Å².